The molecule has 0 aliphatic heterocycles. The third-order valence-electron chi connectivity index (χ3n) is 1.59. The van der Waals surface area contributed by atoms with Crippen LogP contribution < -0.4 is 4.74 Å². The highest BCUT2D eigenvalue weighted by atomic mass is 127. The van der Waals surface area contributed by atoms with Crippen LogP contribution in [-0.2, 0) is 6.18 Å². The van der Waals surface area contributed by atoms with Crippen molar-refractivity contribution >= 4 is 28.9 Å². The van der Waals surface area contributed by atoms with Gasteiger partial charge in [-0.15, -0.1) is 13.2 Å². The first-order valence-corrected chi connectivity index (χ1v) is 5.11. The number of nitrogens with zero attached hydrogens (tertiary/aromatic N) is 1. The highest BCUT2D eigenvalue weighted by Gasteiger charge is 2.42. The van der Waals surface area contributed by atoms with Crippen LogP contribution >= 0.6 is 22.6 Å². The molecule has 0 saturated heterocycles. The van der Waals surface area contributed by atoms with E-state index in [1.54, 1.807) is 0 Å². The van der Waals surface area contributed by atoms with Crippen molar-refractivity contribution in [2.24, 2.45) is 0 Å². The van der Waals surface area contributed by atoms with Gasteiger partial charge in [0.25, 0.3) is 0 Å². The van der Waals surface area contributed by atoms with Crippen molar-refractivity contribution in [2.45, 2.75) is 12.5 Å². The number of aldehydes is 1. The lowest BCUT2D eigenvalue weighted by atomic mass is 10.2. The number of pyridine rings is 1. The SMILES string of the molecule is O=Cc1cc(OC(F)(F)F)c(C(F)(F)F)c(I)n1. The second-order valence-electron chi connectivity index (χ2n) is 2.87. The fourth-order valence-corrected chi connectivity index (χ4v) is 1.88. The van der Waals surface area contributed by atoms with E-state index in [0.717, 1.165) is 22.6 Å². The molecule has 0 bridgehead atoms. The molecule has 0 aliphatic carbocycles. The van der Waals surface area contributed by atoms with Crippen LogP contribution in [0.25, 0.3) is 0 Å². The summed E-state index contributed by atoms with van der Waals surface area (Å²) in [5.74, 6) is -1.50. The maximum absolute atomic E-state index is 12.5. The minimum absolute atomic E-state index is 0.0194. The molecule has 0 spiro atoms. The van der Waals surface area contributed by atoms with Gasteiger partial charge in [-0.05, 0) is 22.6 Å². The zero-order valence-electron chi connectivity index (χ0n) is 8.06. The summed E-state index contributed by atoms with van der Waals surface area (Å²) in [6, 6.07) is 0.283. The molecule has 0 atom stereocenters. The normalized spacial score (nSPS) is 12.4. The summed E-state index contributed by atoms with van der Waals surface area (Å²) in [5.41, 5.74) is -2.27. The predicted octanol–water partition coefficient (Wildman–Crippen LogP) is 3.42. The Morgan fingerprint density at radius 1 is 1.22 bits per heavy atom. The Hall–Kier alpha value is -1.07. The zero-order chi connectivity index (χ0) is 14.1. The summed E-state index contributed by atoms with van der Waals surface area (Å²) in [4.78, 5) is 13.6. The van der Waals surface area contributed by atoms with Gasteiger partial charge < -0.3 is 4.74 Å². The minimum Gasteiger partial charge on any atom is -0.405 e. The Morgan fingerprint density at radius 2 is 1.78 bits per heavy atom. The van der Waals surface area contributed by atoms with Gasteiger partial charge in [0.1, 0.15) is 20.7 Å². The Kier molecular flexibility index (Phi) is 4.08. The molecule has 1 aromatic rings. The smallest absolute Gasteiger partial charge is 0.405 e. The number of rotatable bonds is 2. The zero-order valence-corrected chi connectivity index (χ0v) is 10.2. The molecular formula is C8H2F6INO2. The molecule has 100 valence electrons. The molecule has 0 radical (unpaired) electrons. The van der Waals surface area contributed by atoms with Gasteiger partial charge in [-0.25, -0.2) is 4.98 Å². The first-order valence-electron chi connectivity index (χ1n) is 4.03. The minimum atomic E-state index is -5.30. The molecule has 0 aliphatic rings. The molecule has 0 unspecified atom stereocenters. The van der Waals surface area contributed by atoms with Gasteiger partial charge in [-0.1, -0.05) is 0 Å². The van der Waals surface area contributed by atoms with Crippen molar-refractivity contribution in [3.8, 4) is 5.75 Å². The number of halogens is 7. The van der Waals surface area contributed by atoms with Gasteiger partial charge >= 0.3 is 12.5 Å². The van der Waals surface area contributed by atoms with Crippen LogP contribution in [0.4, 0.5) is 26.3 Å². The van der Waals surface area contributed by atoms with Gasteiger partial charge in [-0.2, -0.15) is 13.2 Å². The lowest BCUT2D eigenvalue weighted by molar-refractivity contribution is -0.276. The summed E-state index contributed by atoms with van der Waals surface area (Å²) < 4.78 is 76.0. The lowest BCUT2D eigenvalue weighted by Gasteiger charge is -2.16. The van der Waals surface area contributed by atoms with Crippen LogP contribution in [0, 0.1) is 3.70 Å². The van der Waals surface area contributed by atoms with Crippen LogP contribution in [0.3, 0.4) is 0 Å². The number of alkyl halides is 6. The Balaban J connectivity index is 3.44. The van der Waals surface area contributed by atoms with E-state index < -0.39 is 33.2 Å². The summed E-state index contributed by atoms with van der Waals surface area (Å²) in [6.45, 7) is 0. The number of hydrogen-bond donors (Lipinski definition) is 0. The number of aromatic nitrogens is 1. The third kappa shape index (κ3) is 3.71. The molecule has 0 aromatic carbocycles. The van der Waals surface area contributed by atoms with E-state index in [1.165, 1.54) is 0 Å². The van der Waals surface area contributed by atoms with Crippen molar-refractivity contribution in [3.63, 3.8) is 0 Å². The van der Waals surface area contributed by atoms with E-state index >= 15 is 0 Å². The molecular weight excluding hydrogens is 383 g/mol. The van der Waals surface area contributed by atoms with Crippen LogP contribution in [-0.4, -0.2) is 17.6 Å². The first kappa shape index (κ1) is 15.0. The maximum Gasteiger partial charge on any atom is 0.573 e. The predicted molar refractivity (Wildman–Crippen MR) is 54.0 cm³/mol. The average Bonchev–Trinajstić information content (AvgIpc) is 2.11. The van der Waals surface area contributed by atoms with E-state index in [1.807, 2.05) is 0 Å². The van der Waals surface area contributed by atoms with E-state index in [2.05, 4.69) is 9.72 Å². The summed E-state index contributed by atoms with van der Waals surface area (Å²) >= 11 is 1.07. The molecule has 10 heteroatoms. The molecule has 0 N–H and O–H groups in total. The summed E-state index contributed by atoms with van der Waals surface area (Å²) in [5, 5.41) is 0. The molecule has 0 amide bonds. The summed E-state index contributed by atoms with van der Waals surface area (Å²) in [6.07, 6.45) is -10.4. The molecule has 0 saturated carbocycles. The Morgan fingerprint density at radius 3 is 2.17 bits per heavy atom. The van der Waals surface area contributed by atoms with Gasteiger partial charge in [0, 0.05) is 6.07 Å². The topological polar surface area (TPSA) is 39.2 Å². The van der Waals surface area contributed by atoms with Gasteiger partial charge in [0.2, 0.25) is 0 Å². The Bertz CT molecular complexity index is 470. The van der Waals surface area contributed by atoms with Crippen LogP contribution in [0.15, 0.2) is 6.07 Å². The second-order valence-corrected chi connectivity index (χ2v) is 3.90. The molecule has 18 heavy (non-hydrogen) atoms. The van der Waals surface area contributed by atoms with Crippen LogP contribution in [0.1, 0.15) is 16.1 Å². The number of ether oxygens (including phenoxy) is 1. The van der Waals surface area contributed by atoms with Gasteiger partial charge in [-0.3, -0.25) is 4.79 Å². The van der Waals surface area contributed by atoms with Crippen molar-refractivity contribution in [1.29, 1.82) is 0 Å². The number of carbonyl (C=O) groups excluding carboxylic acids is 1. The fraction of sp³-hybridized carbons (Fsp3) is 0.250. The third-order valence-corrected chi connectivity index (χ3v) is 2.37. The monoisotopic (exact) mass is 385 g/mol. The van der Waals surface area contributed by atoms with Crippen molar-refractivity contribution in [3.05, 3.63) is 21.0 Å². The van der Waals surface area contributed by atoms with Crippen LogP contribution in [0.2, 0.25) is 0 Å². The molecule has 1 rings (SSSR count). The van der Waals surface area contributed by atoms with Gasteiger partial charge in [0.05, 0.1) is 0 Å². The first-order chi connectivity index (χ1) is 8.04. The molecule has 1 heterocycles. The Labute approximate surface area is 109 Å². The van der Waals surface area contributed by atoms with Gasteiger partial charge in [0.15, 0.2) is 6.29 Å². The number of carbonyl (C=O) groups is 1. The lowest BCUT2D eigenvalue weighted by Crippen LogP contribution is -2.21. The quantitative estimate of drug-likeness (QED) is 0.339. The van der Waals surface area contributed by atoms with E-state index in [4.69, 9.17) is 0 Å². The summed E-state index contributed by atoms with van der Waals surface area (Å²) in [7, 11) is 0. The maximum atomic E-state index is 12.5. The average molecular weight is 385 g/mol. The molecule has 0 fully saturated rings. The molecule has 1 aromatic heterocycles. The van der Waals surface area contributed by atoms with E-state index in [-0.39, 0.29) is 12.4 Å². The standard InChI is InChI=1S/C8H2F6INO2/c9-7(10,11)5-4(18-8(12,13)14)1-3(2-17)16-6(5)15/h1-2H. The van der Waals surface area contributed by atoms with Crippen molar-refractivity contribution in [2.75, 3.05) is 0 Å². The highest BCUT2D eigenvalue weighted by Crippen LogP contribution is 2.40. The number of hydrogen-bond acceptors (Lipinski definition) is 3. The van der Waals surface area contributed by atoms with Crippen molar-refractivity contribution < 1.29 is 35.9 Å². The van der Waals surface area contributed by atoms with E-state index in [0.29, 0.717) is 0 Å². The second kappa shape index (κ2) is 4.90. The van der Waals surface area contributed by atoms with E-state index in [9.17, 15) is 31.1 Å². The molecule has 3 nitrogen and oxygen atoms in total. The largest absolute Gasteiger partial charge is 0.573 e. The van der Waals surface area contributed by atoms with Crippen molar-refractivity contribution in [1.82, 2.24) is 4.98 Å². The highest BCUT2D eigenvalue weighted by molar-refractivity contribution is 14.1. The van der Waals surface area contributed by atoms with Crippen LogP contribution in [0.5, 0.6) is 5.75 Å². The fourth-order valence-electron chi connectivity index (χ4n) is 1.03.